The van der Waals surface area contributed by atoms with E-state index in [4.69, 9.17) is 15.2 Å². The van der Waals surface area contributed by atoms with E-state index in [1.165, 1.54) is 6.42 Å². The fraction of sp³-hybridized carbons (Fsp3) is 0.562. The summed E-state index contributed by atoms with van der Waals surface area (Å²) in [6.45, 7) is 3.76. The second kappa shape index (κ2) is 7.31. The van der Waals surface area contributed by atoms with Crippen LogP contribution in [0.5, 0.6) is 0 Å². The van der Waals surface area contributed by atoms with Gasteiger partial charge in [-0.1, -0.05) is 0 Å². The lowest BCUT2D eigenvalue weighted by Crippen LogP contribution is -2.33. The van der Waals surface area contributed by atoms with Gasteiger partial charge in [0, 0.05) is 20.2 Å². The molecule has 5 heteroatoms. The summed E-state index contributed by atoms with van der Waals surface area (Å²) >= 11 is 0. The lowest BCUT2D eigenvalue weighted by atomic mass is 10.1. The van der Waals surface area contributed by atoms with Gasteiger partial charge in [-0.2, -0.15) is 0 Å². The molecule has 1 aromatic carbocycles. The summed E-state index contributed by atoms with van der Waals surface area (Å²) < 4.78 is 10.8. The van der Waals surface area contributed by atoms with Crippen molar-refractivity contribution in [3.05, 3.63) is 23.8 Å². The number of esters is 1. The van der Waals surface area contributed by atoms with E-state index in [-0.39, 0.29) is 12.1 Å². The van der Waals surface area contributed by atoms with E-state index < -0.39 is 0 Å². The van der Waals surface area contributed by atoms with Crippen LogP contribution in [-0.4, -0.2) is 38.9 Å². The highest BCUT2D eigenvalue weighted by molar-refractivity contribution is 5.92. The molecule has 1 fully saturated rings. The predicted octanol–water partition coefficient (Wildman–Crippen LogP) is 2.45. The highest BCUT2D eigenvalue weighted by atomic mass is 16.5. The van der Waals surface area contributed by atoms with Crippen LogP contribution in [0.3, 0.4) is 0 Å². The van der Waals surface area contributed by atoms with Gasteiger partial charge in [0.25, 0.3) is 0 Å². The summed E-state index contributed by atoms with van der Waals surface area (Å²) in [4.78, 5) is 13.9. The van der Waals surface area contributed by atoms with Crippen molar-refractivity contribution in [3.8, 4) is 0 Å². The fourth-order valence-electron chi connectivity index (χ4n) is 2.57. The maximum Gasteiger partial charge on any atom is 0.338 e. The number of nitrogens with two attached hydrogens (primary N) is 1. The minimum Gasteiger partial charge on any atom is -0.462 e. The predicted molar refractivity (Wildman–Crippen MR) is 83.7 cm³/mol. The number of carbonyl (C=O) groups excluding carboxylic acids is 1. The van der Waals surface area contributed by atoms with E-state index >= 15 is 0 Å². The van der Waals surface area contributed by atoms with Crippen molar-refractivity contribution >= 4 is 17.3 Å². The van der Waals surface area contributed by atoms with Crippen LogP contribution >= 0.6 is 0 Å². The van der Waals surface area contributed by atoms with Crippen LogP contribution < -0.4 is 10.6 Å². The van der Waals surface area contributed by atoms with Crippen LogP contribution in [0.15, 0.2) is 18.2 Å². The first-order valence-corrected chi connectivity index (χ1v) is 7.51. The van der Waals surface area contributed by atoms with Gasteiger partial charge in [0.15, 0.2) is 0 Å². The maximum absolute atomic E-state index is 11.8. The number of anilines is 2. The maximum atomic E-state index is 11.8. The molecule has 1 unspecified atom stereocenters. The van der Waals surface area contributed by atoms with Gasteiger partial charge in [-0.3, -0.25) is 0 Å². The fourth-order valence-corrected chi connectivity index (χ4v) is 2.57. The summed E-state index contributed by atoms with van der Waals surface area (Å²) in [6, 6.07) is 5.23. The molecule has 21 heavy (non-hydrogen) atoms. The molecule has 0 bridgehead atoms. The van der Waals surface area contributed by atoms with Crippen molar-refractivity contribution in [1.82, 2.24) is 0 Å². The Hall–Kier alpha value is -1.75. The molecule has 0 amide bonds. The third-order valence-corrected chi connectivity index (χ3v) is 3.70. The third kappa shape index (κ3) is 4.11. The number of hydrogen-bond donors (Lipinski definition) is 1. The Bertz CT molecular complexity index is 484. The molecule has 1 aromatic rings. The zero-order chi connectivity index (χ0) is 15.2. The Kier molecular flexibility index (Phi) is 5.44. The van der Waals surface area contributed by atoms with Crippen LogP contribution in [0.1, 0.15) is 36.5 Å². The summed E-state index contributed by atoms with van der Waals surface area (Å²) in [5, 5.41) is 0. The summed E-state index contributed by atoms with van der Waals surface area (Å²) in [5.74, 6) is -0.318. The van der Waals surface area contributed by atoms with Crippen molar-refractivity contribution in [2.45, 2.75) is 32.3 Å². The highest BCUT2D eigenvalue weighted by Crippen LogP contribution is 2.25. The highest BCUT2D eigenvalue weighted by Gasteiger charge is 2.18. The van der Waals surface area contributed by atoms with Gasteiger partial charge in [0.1, 0.15) is 0 Å². The standard InChI is InChI=1S/C16H24N2O3/c1-3-20-16(19)12-7-8-14(17)15(10-12)18(2)11-13-6-4-5-9-21-13/h7-8,10,13H,3-6,9,11,17H2,1-2H3. The van der Waals surface area contributed by atoms with Gasteiger partial charge in [0.05, 0.1) is 29.6 Å². The largest absolute Gasteiger partial charge is 0.462 e. The molecule has 0 radical (unpaired) electrons. The molecule has 2 N–H and O–H groups in total. The van der Waals surface area contributed by atoms with E-state index in [1.807, 2.05) is 11.9 Å². The minimum atomic E-state index is -0.318. The van der Waals surface area contributed by atoms with Gasteiger partial charge in [0.2, 0.25) is 0 Å². The van der Waals surface area contributed by atoms with E-state index in [0.717, 1.165) is 31.7 Å². The molecule has 2 rings (SSSR count). The van der Waals surface area contributed by atoms with Crippen LogP contribution in [-0.2, 0) is 9.47 Å². The summed E-state index contributed by atoms with van der Waals surface area (Å²) in [5.41, 5.74) is 8.06. The molecule has 1 atom stereocenters. The lowest BCUT2D eigenvalue weighted by Gasteiger charge is -2.29. The van der Waals surface area contributed by atoms with Crippen LogP contribution in [0.4, 0.5) is 11.4 Å². The van der Waals surface area contributed by atoms with Crippen LogP contribution in [0.25, 0.3) is 0 Å². The Morgan fingerprint density at radius 2 is 2.29 bits per heavy atom. The molecule has 0 saturated carbocycles. The number of benzene rings is 1. The lowest BCUT2D eigenvalue weighted by molar-refractivity contribution is 0.0216. The number of ether oxygens (including phenoxy) is 2. The van der Waals surface area contributed by atoms with Crippen molar-refractivity contribution in [2.24, 2.45) is 0 Å². The normalized spacial score (nSPS) is 18.3. The average molecular weight is 292 g/mol. The number of carbonyl (C=O) groups is 1. The number of rotatable bonds is 5. The van der Waals surface area contributed by atoms with E-state index in [1.54, 1.807) is 25.1 Å². The van der Waals surface area contributed by atoms with Crippen LogP contribution in [0, 0.1) is 0 Å². The Morgan fingerprint density at radius 1 is 1.48 bits per heavy atom. The van der Waals surface area contributed by atoms with Gasteiger partial charge >= 0.3 is 5.97 Å². The second-order valence-electron chi connectivity index (χ2n) is 5.36. The molecule has 0 aromatic heterocycles. The molecular weight excluding hydrogens is 268 g/mol. The van der Waals surface area contributed by atoms with E-state index in [9.17, 15) is 4.79 Å². The van der Waals surface area contributed by atoms with Crippen LogP contribution in [0.2, 0.25) is 0 Å². The summed E-state index contributed by atoms with van der Waals surface area (Å²) in [6.07, 6.45) is 3.65. The van der Waals surface area contributed by atoms with Gasteiger partial charge in [-0.25, -0.2) is 4.79 Å². The second-order valence-corrected chi connectivity index (χ2v) is 5.36. The van der Waals surface area contributed by atoms with Crippen molar-refractivity contribution in [1.29, 1.82) is 0 Å². The quantitative estimate of drug-likeness (QED) is 0.667. The van der Waals surface area contributed by atoms with Gasteiger partial charge < -0.3 is 20.1 Å². The van der Waals surface area contributed by atoms with Gasteiger partial charge in [-0.15, -0.1) is 0 Å². The van der Waals surface area contributed by atoms with Gasteiger partial charge in [-0.05, 0) is 44.4 Å². The molecular formula is C16H24N2O3. The number of nitrogen functional groups attached to an aromatic ring is 1. The molecule has 5 nitrogen and oxygen atoms in total. The Balaban J connectivity index is 2.09. The molecule has 116 valence electrons. The topological polar surface area (TPSA) is 64.8 Å². The molecule has 1 aliphatic rings. The molecule has 0 spiro atoms. The first-order valence-electron chi connectivity index (χ1n) is 7.51. The van der Waals surface area contributed by atoms with E-state index in [0.29, 0.717) is 17.9 Å². The minimum absolute atomic E-state index is 0.231. The van der Waals surface area contributed by atoms with Crippen molar-refractivity contribution in [3.63, 3.8) is 0 Å². The molecule has 1 heterocycles. The van der Waals surface area contributed by atoms with Crippen molar-refractivity contribution < 1.29 is 14.3 Å². The molecule has 1 saturated heterocycles. The third-order valence-electron chi connectivity index (χ3n) is 3.70. The first-order chi connectivity index (χ1) is 10.1. The SMILES string of the molecule is CCOC(=O)c1ccc(N)c(N(C)CC2CCCCO2)c1. The average Bonchev–Trinajstić information content (AvgIpc) is 2.48. The number of nitrogens with zero attached hydrogens (tertiary/aromatic N) is 1. The molecule has 0 aliphatic carbocycles. The van der Waals surface area contributed by atoms with E-state index in [2.05, 4.69) is 0 Å². The zero-order valence-corrected chi connectivity index (χ0v) is 12.8. The zero-order valence-electron chi connectivity index (χ0n) is 12.8. The first kappa shape index (κ1) is 15.6. The monoisotopic (exact) mass is 292 g/mol. The molecule has 1 aliphatic heterocycles. The summed E-state index contributed by atoms with van der Waals surface area (Å²) in [7, 11) is 1.97. The number of hydrogen-bond acceptors (Lipinski definition) is 5. The van der Waals surface area contributed by atoms with Crippen molar-refractivity contribution in [2.75, 3.05) is 37.4 Å². The Labute approximate surface area is 126 Å². The number of likely N-dealkylation sites (N-methyl/N-ethyl adjacent to an activating group) is 1. The smallest absolute Gasteiger partial charge is 0.338 e. The Morgan fingerprint density at radius 3 is 2.95 bits per heavy atom.